The average molecular weight is 196 g/mol. The van der Waals surface area contributed by atoms with Crippen LogP contribution in [0.25, 0.3) is 0 Å². The lowest BCUT2D eigenvalue weighted by molar-refractivity contribution is 1.05. The topological polar surface area (TPSA) is 51.3 Å². The van der Waals surface area contributed by atoms with Crippen molar-refractivity contribution in [2.45, 2.75) is 18.9 Å². The predicted molar refractivity (Wildman–Crippen MR) is 53.0 cm³/mol. The number of aromatic nitrogens is 1. The molecule has 1 aliphatic carbocycles. The first kappa shape index (κ1) is 8.51. The Morgan fingerprint density at radius 2 is 2.38 bits per heavy atom. The molecule has 2 rings (SSSR count). The summed E-state index contributed by atoms with van der Waals surface area (Å²) in [6, 6.07) is 3.94. The lowest BCUT2D eigenvalue weighted by Crippen LogP contribution is -2.16. The van der Waals surface area contributed by atoms with Crippen molar-refractivity contribution in [2.75, 3.05) is 0 Å². The Kier molecular flexibility index (Phi) is 2.19. The van der Waals surface area contributed by atoms with Crippen molar-refractivity contribution in [3.05, 3.63) is 29.0 Å². The van der Waals surface area contributed by atoms with E-state index in [1.165, 1.54) is 0 Å². The maximum atomic E-state index is 5.90. The fourth-order valence-electron chi connectivity index (χ4n) is 1.04. The molecule has 4 heteroatoms. The van der Waals surface area contributed by atoms with E-state index in [0.29, 0.717) is 22.6 Å². The van der Waals surface area contributed by atoms with Crippen LogP contribution in [0, 0.1) is 0 Å². The molecule has 0 bridgehead atoms. The minimum absolute atomic E-state index is 0.401. The normalized spacial score (nSPS) is 17.5. The van der Waals surface area contributed by atoms with Crippen molar-refractivity contribution in [2.24, 2.45) is 10.7 Å². The molecule has 2 N–H and O–H groups in total. The quantitative estimate of drug-likeness (QED) is 0.576. The molecule has 0 saturated heterocycles. The molecule has 0 amide bonds. The van der Waals surface area contributed by atoms with Gasteiger partial charge in [-0.25, -0.2) is 0 Å². The monoisotopic (exact) mass is 195 g/mol. The summed E-state index contributed by atoms with van der Waals surface area (Å²) >= 11 is 5.90. The molecule has 1 aliphatic rings. The van der Waals surface area contributed by atoms with Gasteiger partial charge in [-0.15, -0.1) is 0 Å². The summed E-state index contributed by atoms with van der Waals surface area (Å²) in [5, 5.41) is 0.560. The average Bonchev–Trinajstić information content (AvgIpc) is 2.89. The zero-order chi connectivity index (χ0) is 9.26. The number of nitrogens with zero attached hydrogens (tertiary/aromatic N) is 2. The van der Waals surface area contributed by atoms with Crippen LogP contribution < -0.4 is 5.73 Å². The van der Waals surface area contributed by atoms with Gasteiger partial charge < -0.3 is 5.73 Å². The minimum atomic E-state index is 0.401. The first-order valence-corrected chi connectivity index (χ1v) is 4.59. The van der Waals surface area contributed by atoms with Gasteiger partial charge >= 0.3 is 0 Å². The molecule has 1 heterocycles. The number of pyridine rings is 1. The van der Waals surface area contributed by atoms with E-state index in [2.05, 4.69) is 9.98 Å². The maximum Gasteiger partial charge on any atom is 0.146 e. The first-order valence-electron chi connectivity index (χ1n) is 4.21. The minimum Gasteiger partial charge on any atom is -0.382 e. The van der Waals surface area contributed by atoms with Gasteiger partial charge in [-0.2, -0.15) is 0 Å². The molecule has 0 spiro atoms. The van der Waals surface area contributed by atoms with Crippen LogP contribution in [0.2, 0.25) is 5.02 Å². The van der Waals surface area contributed by atoms with Crippen LogP contribution in [0.1, 0.15) is 18.5 Å². The molecule has 1 aromatic heterocycles. The number of nitrogens with two attached hydrogens (primary N) is 1. The first-order chi connectivity index (χ1) is 6.27. The molecule has 0 aliphatic heterocycles. The summed E-state index contributed by atoms with van der Waals surface area (Å²) < 4.78 is 0. The van der Waals surface area contributed by atoms with Gasteiger partial charge in [-0.1, -0.05) is 11.6 Å². The number of hydrogen-bond donors (Lipinski definition) is 1. The third kappa shape index (κ3) is 1.98. The Hall–Kier alpha value is -1.09. The fraction of sp³-hybridized carbons (Fsp3) is 0.333. The second-order valence-electron chi connectivity index (χ2n) is 3.08. The van der Waals surface area contributed by atoms with E-state index in [9.17, 15) is 0 Å². The standard InChI is InChI=1S/C9H10ClN3/c10-7-2-1-5-12-8(7)9(11)13-6-3-4-6/h1-2,5-6H,3-4H2,(H2,11,13). The Bertz CT molecular complexity index is 344. The van der Waals surface area contributed by atoms with Gasteiger partial charge in [0.25, 0.3) is 0 Å². The Balaban J connectivity index is 2.28. The molecule has 3 nitrogen and oxygen atoms in total. The van der Waals surface area contributed by atoms with Crippen LogP contribution in [0.3, 0.4) is 0 Å². The van der Waals surface area contributed by atoms with Crippen molar-refractivity contribution in [3.63, 3.8) is 0 Å². The van der Waals surface area contributed by atoms with Crippen LogP contribution in [0.15, 0.2) is 23.3 Å². The van der Waals surface area contributed by atoms with E-state index in [1.54, 1.807) is 18.3 Å². The lowest BCUT2D eigenvalue weighted by Gasteiger charge is -2.00. The molecule has 1 saturated carbocycles. The number of rotatable bonds is 2. The van der Waals surface area contributed by atoms with E-state index < -0.39 is 0 Å². The van der Waals surface area contributed by atoms with Gasteiger partial charge in [0.15, 0.2) is 0 Å². The van der Waals surface area contributed by atoms with E-state index in [4.69, 9.17) is 17.3 Å². The van der Waals surface area contributed by atoms with Crippen molar-refractivity contribution in [1.29, 1.82) is 0 Å². The van der Waals surface area contributed by atoms with Crippen LogP contribution in [0.5, 0.6) is 0 Å². The summed E-state index contributed by atoms with van der Waals surface area (Å²) in [6.45, 7) is 0. The molecule has 0 aromatic carbocycles. The highest BCUT2D eigenvalue weighted by atomic mass is 35.5. The largest absolute Gasteiger partial charge is 0.382 e. The highest BCUT2D eigenvalue weighted by molar-refractivity contribution is 6.33. The van der Waals surface area contributed by atoms with Crippen molar-refractivity contribution in [1.82, 2.24) is 4.98 Å². The predicted octanol–water partition coefficient (Wildman–Crippen LogP) is 1.60. The molecule has 1 fully saturated rings. The van der Waals surface area contributed by atoms with Gasteiger partial charge in [0.05, 0.1) is 11.1 Å². The number of halogens is 1. The summed E-state index contributed by atoms with van der Waals surface area (Å²) in [5.74, 6) is 0.452. The third-order valence-electron chi connectivity index (χ3n) is 1.87. The van der Waals surface area contributed by atoms with E-state index in [0.717, 1.165) is 12.8 Å². The summed E-state index contributed by atoms with van der Waals surface area (Å²) in [4.78, 5) is 8.34. The van der Waals surface area contributed by atoms with Gasteiger partial charge in [-0.3, -0.25) is 9.98 Å². The fourth-order valence-corrected chi connectivity index (χ4v) is 1.25. The summed E-state index contributed by atoms with van der Waals surface area (Å²) in [5.41, 5.74) is 6.33. The van der Waals surface area contributed by atoms with Gasteiger partial charge in [0.2, 0.25) is 0 Å². The van der Waals surface area contributed by atoms with Crippen molar-refractivity contribution < 1.29 is 0 Å². The number of hydrogen-bond acceptors (Lipinski definition) is 2. The second-order valence-corrected chi connectivity index (χ2v) is 3.49. The Morgan fingerprint density at radius 1 is 1.62 bits per heavy atom. The zero-order valence-electron chi connectivity index (χ0n) is 7.07. The zero-order valence-corrected chi connectivity index (χ0v) is 7.83. The molecule has 0 unspecified atom stereocenters. The highest BCUT2D eigenvalue weighted by Crippen LogP contribution is 2.24. The molecular formula is C9H10ClN3. The maximum absolute atomic E-state index is 5.90. The SMILES string of the molecule is NC(=NC1CC1)c1ncccc1Cl. The lowest BCUT2D eigenvalue weighted by atomic mass is 10.3. The van der Waals surface area contributed by atoms with E-state index in [-0.39, 0.29) is 0 Å². The van der Waals surface area contributed by atoms with Crippen LogP contribution >= 0.6 is 11.6 Å². The van der Waals surface area contributed by atoms with Gasteiger partial charge in [0, 0.05) is 6.20 Å². The molecule has 0 radical (unpaired) electrons. The van der Waals surface area contributed by atoms with Crippen LogP contribution in [-0.2, 0) is 0 Å². The molecular weight excluding hydrogens is 186 g/mol. The number of amidine groups is 1. The van der Waals surface area contributed by atoms with Crippen LogP contribution in [-0.4, -0.2) is 16.9 Å². The van der Waals surface area contributed by atoms with Crippen molar-refractivity contribution >= 4 is 17.4 Å². The van der Waals surface area contributed by atoms with E-state index >= 15 is 0 Å². The molecule has 0 atom stereocenters. The van der Waals surface area contributed by atoms with Crippen molar-refractivity contribution in [3.8, 4) is 0 Å². The number of aliphatic imine (C=N–C) groups is 1. The molecule has 1 aromatic rings. The summed E-state index contributed by atoms with van der Waals surface area (Å²) in [7, 11) is 0. The van der Waals surface area contributed by atoms with Crippen LogP contribution in [0.4, 0.5) is 0 Å². The van der Waals surface area contributed by atoms with Gasteiger partial charge in [0.1, 0.15) is 11.5 Å². The molecule has 13 heavy (non-hydrogen) atoms. The third-order valence-corrected chi connectivity index (χ3v) is 2.17. The molecule has 68 valence electrons. The van der Waals surface area contributed by atoms with Gasteiger partial charge in [-0.05, 0) is 25.0 Å². The summed E-state index contributed by atoms with van der Waals surface area (Å²) in [6.07, 6.45) is 3.92. The highest BCUT2D eigenvalue weighted by Gasteiger charge is 2.21. The van der Waals surface area contributed by atoms with E-state index in [1.807, 2.05) is 0 Å². The second kappa shape index (κ2) is 3.34. The Labute approximate surface area is 81.6 Å². The Morgan fingerprint density at radius 3 is 3.00 bits per heavy atom. The smallest absolute Gasteiger partial charge is 0.146 e.